The van der Waals surface area contributed by atoms with Gasteiger partial charge in [0.1, 0.15) is 0 Å². The minimum atomic E-state index is -0.708. The zero-order valence-electron chi connectivity index (χ0n) is 15.2. The number of amides is 2. The number of carbonyl (C=O) groups is 2. The molecule has 1 unspecified atom stereocenters. The first-order chi connectivity index (χ1) is 12.4. The zero-order chi connectivity index (χ0) is 19.3. The molecule has 0 radical (unpaired) electrons. The molecule has 0 spiro atoms. The van der Waals surface area contributed by atoms with Crippen LogP contribution in [0.15, 0.2) is 35.5 Å². The monoisotopic (exact) mass is 361 g/mol. The largest absolute Gasteiger partial charge is 0.463 e. The molecule has 8 heteroatoms. The van der Waals surface area contributed by atoms with Gasteiger partial charge in [0.25, 0.3) is 5.69 Å². The fourth-order valence-electron chi connectivity index (χ4n) is 2.88. The first-order valence-electron chi connectivity index (χ1n) is 8.60. The Labute approximate surface area is 152 Å². The second kappa shape index (κ2) is 8.46. The highest BCUT2D eigenvalue weighted by molar-refractivity contribution is 5.95. The van der Waals surface area contributed by atoms with Gasteiger partial charge in [-0.2, -0.15) is 0 Å². The number of hydrogen-bond donors (Lipinski definition) is 1. The molecule has 0 saturated carbocycles. The summed E-state index contributed by atoms with van der Waals surface area (Å²) in [5.74, 6) is -0.505. The van der Waals surface area contributed by atoms with Gasteiger partial charge in [0.15, 0.2) is 0 Å². The number of benzene rings is 1. The third kappa shape index (κ3) is 4.01. The molecule has 140 valence electrons. The van der Waals surface area contributed by atoms with Crippen LogP contribution in [-0.2, 0) is 9.53 Å². The molecule has 0 bridgehead atoms. The minimum absolute atomic E-state index is 0.0566. The lowest BCUT2D eigenvalue weighted by Gasteiger charge is -2.35. The van der Waals surface area contributed by atoms with E-state index in [1.54, 1.807) is 13.8 Å². The van der Waals surface area contributed by atoms with Gasteiger partial charge in [-0.25, -0.2) is 9.59 Å². The van der Waals surface area contributed by atoms with Gasteiger partial charge in [-0.3, -0.25) is 15.0 Å². The van der Waals surface area contributed by atoms with Crippen molar-refractivity contribution in [1.29, 1.82) is 0 Å². The first kappa shape index (κ1) is 19.4. The van der Waals surface area contributed by atoms with Crippen LogP contribution < -0.4 is 5.32 Å². The molecule has 1 aliphatic rings. The summed E-state index contributed by atoms with van der Waals surface area (Å²) >= 11 is 0. The Hall–Kier alpha value is -2.90. The number of rotatable bonds is 7. The summed E-state index contributed by atoms with van der Waals surface area (Å²) in [6, 6.07) is 4.77. The predicted octanol–water partition coefficient (Wildman–Crippen LogP) is 3.30. The van der Waals surface area contributed by atoms with Gasteiger partial charge in [0.05, 0.1) is 23.1 Å². The summed E-state index contributed by atoms with van der Waals surface area (Å²) in [6.07, 6.45) is 1.72. The van der Waals surface area contributed by atoms with Crippen LogP contribution in [0.4, 0.5) is 10.5 Å². The van der Waals surface area contributed by atoms with E-state index >= 15 is 0 Å². The minimum Gasteiger partial charge on any atom is -0.463 e. The molecular weight excluding hydrogens is 338 g/mol. The van der Waals surface area contributed by atoms with Gasteiger partial charge in [0, 0.05) is 24.4 Å². The second-order valence-corrected chi connectivity index (χ2v) is 5.96. The maximum absolute atomic E-state index is 12.5. The number of nitrogens with zero attached hydrogens (tertiary/aromatic N) is 2. The number of hydrogen-bond acceptors (Lipinski definition) is 5. The van der Waals surface area contributed by atoms with Crippen molar-refractivity contribution < 1.29 is 19.2 Å². The SMILES string of the molecule is CCCCN1C(=O)NC(c2ccc([N+](=O)[O-])cc2)C(C(=O)OCC)=C1C. The van der Waals surface area contributed by atoms with Crippen LogP contribution in [0.1, 0.15) is 45.2 Å². The fraction of sp³-hybridized carbons (Fsp3) is 0.444. The number of nitro benzene ring substituents is 1. The van der Waals surface area contributed by atoms with Crippen molar-refractivity contribution in [3.05, 3.63) is 51.2 Å². The van der Waals surface area contributed by atoms with E-state index < -0.39 is 16.9 Å². The van der Waals surface area contributed by atoms with E-state index in [-0.39, 0.29) is 18.3 Å². The van der Waals surface area contributed by atoms with Crippen LogP contribution in [0.2, 0.25) is 0 Å². The highest BCUT2D eigenvalue weighted by atomic mass is 16.6. The van der Waals surface area contributed by atoms with E-state index in [1.165, 1.54) is 29.2 Å². The van der Waals surface area contributed by atoms with Crippen molar-refractivity contribution in [3.63, 3.8) is 0 Å². The van der Waals surface area contributed by atoms with Gasteiger partial charge in [-0.05, 0) is 38.0 Å². The quantitative estimate of drug-likeness (QED) is 0.456. The fourth-order valence-corrected chi connectivity index (χ4v) is 2.88. The molecule has 8 nitrogen and oxygen atoms in total. The molecular formula is C18H23N3O5. The molecule has 2 rings (SSSR count). The topological polar surface area (TPSA) is 102 Å². The Morgan fingerprint density at radius 1 is 1.31 bits per heavy atom. The molecule has 0 aromatic heterocycles. The van der Waals surface area contributed by atoms with Crippen LogP contribution >= 0.6 is 0 Å². The highest BCUT2D eigenvalue weighted by Crippen LogP contribution is 2.32. The van der Waals surface area contributed by atoms with E-state index in [0.29, 0.717) is 23.4 Å². The number of nitro groups is 1. The molecule has 26 heavy (non-hydrogen) atoms. The van der Waals surface area contributed by atoms with Gasteiger partial charge in [-0.1, -0.05) is 13.3 Å². The Bertz CT molecular complexity index is 727. The van der Waals surface area contributed by atoms with Crippen LogP contribution in [-0.4, -0.2) is 35.0 Å². The Balaban J connectivity index is 2.45. The standard InChI is InChI=1S/C18H23N3O5/c1-4-6-11-20-12(3)15(17(22)26-5-2)16(19-18(20)23)13-7-9-14(10-8-13)21(24)25/h7-10,16H,4-6,11H2,1-3H3,(H,19,23). The van der Waals surface area contributed by atoms with Crippen molar-refractivity contribution in [3.8, 4) is 0 Å². The normalized spacial score (nSPS) is 17.1. The van der Waals surface area contributed by atoms with E-state index in [2.05, 4.69) is 5.32 Å². The Morgan fingerprint density at radius 3 is 2.50 bits per heavy atom. The van der Waals surface area contributed by atoms with E-state index in [9.17, 15) is 19.7 Å². The van der Waals surface area contributed by atoms with Gasteiger partial charge < -0.3 is 10.1 Å². The van der Waals surface area contributed by atoms with Crippen molar-refractivity contribution in [2.24, 2.45) is 0 Å². The molecule has 1 aromatic carbocycles. The molecule has 1 N–H and O–H groups in total. The maximum atomic E-state index is 12.5. The number of urea groups is 1. The highest BCUT2D eigenvalue weighted by Gasteiger charge is 2.36. The Kier molecular flexibility index (Phi) is 6.32. The van der Waals surface area contributed by atoms with Crippen LogP contribution in [0.25, 0.3) is 0 Å². The van der Waals surface area contributed by atoms with Crippen molar-refractivity contribution in [2.75, 3.05) is 13.2 Å². The number of allylic oxidation sites excluding steroid dienone is 1. The van der Waals surface area contributed by atoms with Crippen molar-refractivity contribution >= 4 is 17.7 Å². The lowest BCUT2D eigenvalue weighted by Crippen LogP contribution is -2.48. The summed E-state index contributed by atoms with van der Waals surface area (Å²) in [6.45, 7) is 6.17. The second-order valence-electron chi connectivity index (χ2n) is 5.96. The molecule has 0 fully saturated rings. The van der Waals surface area contributed by atoms with Crippen molar-refractivity contribution in [1.82, 2.24) is 10.2 Å². The van der Waals surface area contributed by atoms with Gasteiger partial charge in [-0.15, -0.1) is 0 Å². The molecule has 1 aliphatic heterocycles. The number of esters is 1. The summed E-state index contributed by atoms with van der Waals surface area (Å²) in [7, 11) is 0. The number of carbonyl (C=O) groups excluding carboxylic acids is 2. The van der Waals surface area contributed by atoms with Gasteiger partial charge >= 0.3 is 12.0 Å². The summed E-state index contributed by atoms with van der Waals surface area (Å²) in [5, 5.41) is 13.7. The third-order valence-corrected chi connectivity index (χ3v) is 4.26. The third-order valence-electron chi connectivity index (χ3n) is 4.26. The van der Waals surface area contributed by atoms with Crippen molar-refractivity contribution in [2.45, 2.75) is 39.7 Å². The smallest absolute Gasteiger partial charge is 0.338 e. The van der Waals surface area contributed by atoms with E-state index in [0.717, 1.165) is 12.8 Å². The molecule has 2 amide bonds. The zero-order valence-corrected chi connectivity index (χ0v) is 15.2. The van der Waals surface area contributed by atoms with E-state index in [4.69, 9.17) is 4.74 Å². The summed E-state index contributed by atoms with van der Waals surface area (Å²) in [5.41, 5.74) is 1.42. The maximum Gasteiger partial charge on any atom is 0.338 e. The lowest BCUT2D eigenvalue weighted by atomic mass is 9.94. The molecule has 0 aliphatic carbocycles. The number of non-ortho nitro benzene ring substituents is 1. The molecule has 0 saturated heterocycles. The average Bonchev–Trinajstić information content (AvgIpc) is 2.61. The van der Waals surface area contributed by atoms with Gasteiger partial charge in [0.2, 0.25) is 0 Å². The molecule has 1 aromatic rings. The molecule has 1 atom stereocenters. The van der Waals surface area contributed by atoms with Crippen LogP contribution in [0.5, 0.6) is 0 Å². The van der Waals surface area contributed by atoms with E-state index in [1.807, 2.05) is 6.92 Å². The number of ether oxygens (including phenoxy) is 1. The summed E-state index contributed by atoms with van der Waals surface area (Å²) < 4.78 is 5.17. The number of unbranched alkanes of at least 4 members (excludes halogenated alkanes) is 1. The average molecular weight is 361 g/mol. The summed E-state index contributed by atoms with van der Waals surface area (Å²) in [4.78, 5) is 36.9. The predicted molar refractivity (Wildman–Crippen MR) is 95.3 cm³/mol. The first-order valence-corrected chi connectivity index (χ1v) is 8.60. The van der Waals surface area contributed by atoms with Crippen LogP contribution in [0.3, 0.4) is 0 Å². The van der Waals surface area contributed by atoms with Crippen LogP contribution in [0, 0.1) is 10.1 Å². The Morgan fingerprint density at radius 2 is 1.96 bits per heavy atom. The lowest BCUT2D eigenvalue weighted by molar-refractivity contribution is -0.384. The molecule has 1 heterocycles. The number of nitrogens with one attached hydrogen (secondary N) is 1.